The van der Waals surface area contributed by atoms with E-state index in [1.54, 1.807) is 11.8 Å². The maximum atomic E-state index is 11.8. The number of amidine groups is 1. The molecule has 2 rings (SSSR count). The number of nitrogens with one attached hydrogen (secondary N) is 1. The van der Waals surface area contributed by atoms with Crippen LogP contribution in [0.25, 0.3) is 0 Å². The molecule has 0 amide bonds. The third-order valence-corrected chi connectivity index (χ3v) is 4.54. The largest absolute Gasteiger partial charge is 0.441 e. The second kappa shape index (κ2) is 5.08. The van der Waals surface area contributed by atoms with Crippen LogP contribution in [0.4, 0.5) is 13.2 Å². The molecule has 2 nitrogen and oxygen atoms in total. The quantitative estimate of drug-likeness (QED) is 0.795. The van der Waals surface area contributed by atoms with Crippen molar-refractivity contribution in [2.75, 3.05) is 18.8 Å². The highest BCUT2D eigenvalue weighted by molar-refractivity contribution is 8.14. The molecule has 1 unspecified atom stereocenters. The molecule has 0 bridgehead atoms. The van der Waals surface area contributed by atoms with Crippen LogP contribution in [0.1, 0.15) is 12.8 Å². The number of nitrogens with zero attached hydrogens (tertiary/aromatic N) is 1. The predicted molar refractivity (Wildman–Crippen MR) is 62.9 cm³/mol. The molecule has 0 radical (unpaired) electrons. The van der Waals surface area contributed by atoms with Crippen LogP contribution in [-0.2, 0) is 0 Å². The summed E-state index contributed by atoms with van der Waals surface area (Å²) >= 11 is 1.70. The molecule has 0 aromatic heterocycles. The lowest BCUT2D eigenvalue weighted by atomic mass is 10.3. The van der Waals surface area contributed by atoms with Gasteiger partial charge in [-0.15, -0.1) is 0 Å². The summed E-state index contributed by atoms with van der Waals surface area (Å²) in [5.41, 5.74) is -4.12. The Kier molecular flexibility index (Phi) is 3.94. The molecule has 1 fully saturated rings. The monoisotopic (exact) mass is 270 g/mol. The fourth-order valence-electron chi connectivity index (χ4n) is 1.53. The first-order valence-electron chi connectivity index (χ1n) is 5.20. The van der Waals surface area contributed by atoms with Crippen LogP contribution >= 0.6 is 23.5 Å². The highest BCUT2D eigenvalue weighted by atomic mass is 32.2. The topological polar surface area (TPSA) is 24.4 Å². The van der Waals surface area contributed by atoms with Gasteiger partial charge in [-0.1, -0.05) is 11.8 Å². The van der Waals surface area contributed by atoms with Gasteiger partial charge in [0.25, 0.3) is 0 Å². The van der Waals surface area contributed by atoms with E-state index in [1.165, 1.54) is 12.8 Å². The van der Waals surface area contributed by atoms with Crippen molar-refractivity contribution in [3.8, 4) is 0 Å². The molecule has 1 saturated carbocycles. The van der Waals surface area contributed by atoms with Crippen LogP contribution in [0.5, 0.6) is 0 Å². The number of halogens is 3. The summed E-state index contributed by atoms with van der Waals surface area (Å²) in [6, 6.07) is 0. The Balaban J connectivity index is 1.57. The first-order chi connectivity index (χ1) is 7.54. The van der Waals surface area contributed by atoms with E-state index in [2.05, 4.69) is 10.3 Å². The molecule has 0 aromatic carbocycles. The molecule has 1 aliphatic carbocycles. The van der Waals surface area contributed by atoms with Gasteiger partial charge in [0.2, 0.25) is 0 Å². The molecule has 1 N–H and O–H groups in total. The summed E-state index contributed by atoms with van der Waals surface area (Å²) in [4.78, 5) is 4.29. The molecule has 0 aromatic rings. The Morgan fingerprint density at radius 3 is 2.81 bits per heavy atom. The predicted octanol–water partition coefficient (Wildman–Crippen LogP) is 2.71. The molecule has 7 heteroatoms. The lowest BCUT2D eigenvalue weighted by molar-refractivity contribution is -0.0327. The van der Waals surface area contributed by atoms with Crippen molar-refractivity contribution in [1.82, 2.24) is 5.32 Å². The summed E-state index contributed by atoms with van der Waals surface area (Å²) in [5, 5.41) is 4.35. The average Bonchev–Trinajstić information content (AvgIpc) is 2.93. The normalized spacial score (nSPS) is 25.7. The zero-order valence-electron chi connectivity index (χ0n) is 8.59. The van der Waals surface area contributed by atoms with Crippen LogP contribution in [0.3, 0.4) is 0 Å². The first kappa shape index (κ1) is 12.4. The second-order valence-electron chi connectivity index (χ2n) is 3.86. The maximum Gasteiger partial charge on any atom is 0.441 e. The minimum atomic E-state index is -4.12. The zero-order chi connectivity index (χ0) is 11.6. The minimum absolute atomic E-state index is 0.00962. The van der Waals surface area contributed by atoms with Gasteiger partial charge in [0.1, 0.15) is 0 Å². The Morgan fingerprint density at radius 2 is 2.19 bits per heavy atom. The van der Waals surface area contributed by atoms with Gasteiger partial charge in [0.05, 0.1) is 6.54 Å². The molecule has 1 heterocycles. The minimum Gasteiger partial charge on any atom is -0.364 e. The van der Waals surface area contributed by atoms with Gasteiger partial charge < -0.3 is 5.32 Å². The molecular formula is C9H13F3N2S2. The zero-order valence-corrected chi connectivity index (χ0v) is 10.2. The van der Waals surface area contributed by atoms with Crippen LogP contribution in [-0.4, -0.2) is 34.8 Å². The van der Waals surface area contributed by atoms with Crippen molar-refractivity contribution >= 4 is 28.7 Å². The van der Waals surface area contributed by atoms with E-state index in [0.29, 0.717) is 11.8 Å². The van der Waals surface area contributed by atoms with Crippen molar-refractivity contribution in [3.63, 3.8) is 0 Å². The Bertz CT molecular complexity index is 276. The van der Waals surface area contributed by atoms with E-state index >= 15 is 0 Å². The third-order valence-electron chi connectivity index (χ3n) is 2.47. The highest BCUT2D eigenvalue weighted by Gasteiger charge is 2.35. The van der Waals surface area contributed by atoms with E-state index < -0.39 is 5.51 Å². The van der Waals surface area contributed by atoms with Crippen molar-refractivity contribution in [1.29, 1.82) is 0 Å². The van der Waals surface area contributed by atoms with Gasteiger partial charge in [-0.2, -0.15) is 13.2 Å². The van der Waals surface area contributed by atoms with Crippen LogP contribution in [0.2, 0.25) is 0 Å². The first-order valence-corrected chi connectivity index (χ1v) is 7.07. The summed E-state index contributed by atoms with van der Waals surface area (Å²) in [6.45, 7) is 1.15. The smallest absolute Gasteiger partial charge is 0.364 e. The summed E-state index contributed by atoms with van der Waals surface area (Å²) in [5.74, 6) is 0.828. The lowest BCUT2D eigenvalue weighted by Gasteiger charge is -2.08. The average molecular weight is 270 g/mol. The Morgan fingerprint density at radius 1 is 1.44 bits per heavy atom. The van der Waals surface area contributed by atoms with Crippen molar-refractivity contribution in [2.24, 2.45) is 10.9 Å². The SMILES string of the molecule is FC(F)(F)SCCNC1=NCC(C2CC2)S1. The molecule has 0 spiro atoms. The standard InChI is InChI=1S/C9H13F3N2S2/c10-9(11,12)15-4-3-13-8-14-5-7(16-8)6-1-2-6/h6-7H,1-5H2,(H,13,14). The highest BCUT2D eigenvalue weighted by Crippen LogP contribution is 2.41. The van der Waals surface area contributed by atoms with E-state index in [1.807, 2.05) is 0 Å². The molecule has 1 aliphatic heterocycles. The molecule has 1 atom stereocenters. The number of hydrogen-bond donors (Lipinski definition) is 1. The number of aliphatic imine (C=N–C) groups is 1. The number of rotatable bonds is 4. The van der Waals surface area contributed by atoms with Crippen LogP contribution in [0.15, 0.2) is 4.99 Å². The maximum absolute atomic E-state index is 11.8. The van der Waals surface area contributed by atoms with Crippen molar-refractivity contribution < 1.29 is 13.2 Å². The molecule has 2 aliphatic rings. The fraction of sp³-hybridized carbons (Fsp3) is 0.889. The van der Waals surface area contributed by atoms with Crippen molar-refractivity contribution in [3.05, 3.63) is 0 Å². The summed E-state index contributed by atoms with van der Waals surface area (Å²) < 4.78 is 35.5. The number of alkyl halides is 3. The molecule has 16 heavy (non-hydrogen) atoms. The number of thioether (sulfide) groups is 2. The molecule has 92 valence electrons. The van der Waals surface area contributed by atoms with Gasteiger partial charge in [-0.3, -0.25) is 4.99 Å². The van der Waals surface area contributed by atoms with Gasteiger partial charge >= 0.3 is 5.51 Å². The molecule has 0 saturated heterocycles. The Hall–Kier alpha value is -0.0400. The van der Waals surface area contributed by atoms with E-state index in [-0.39, 0.29) is 17.5 Å². The van der Waals surface area contributed by atoms with Crippen molar-refractivity contribution in [2.45, 2.75) is 23.6 Å². The Labute approximate surface area is 101 Å². The van der Waals surface area contributed by atoms with Crippen LogP contribution < -0.4 is 5.32 Å². The second-order valence-corrected chi connectivity index (χ2v) is 6.25. The summed E-state index contributed by atoms with van der Waals surface area (Å²) in [6.07, 6.45) is 2.56. The van der Waals surface area contributed by atoms with Crippen LogP contribution in [0, 0.1) is 5.92 Å². The van der Waals surface area contributed by atoms with Gasteiger partial charge in [0.15, 0.2) is 5.17 Å². The lowest BCUT2D eigenvalue weighted by Crippen LogP contribution is -2.23. The van der Waals surface area contributed by atoms with E-state index in [4.69, 9.17) is 0 Å². The third kappa shape index (κ3) is 4.08. The van der Waals surface area contributed by atoms with Gasteiger partial charge in [0, 0.05) is 17.5 Å². The van der Waals surface area contributed by atoms with Gasteiger partial charge in [-0.05, 0) is 30.5 Å². The fourth-order valence-corrected chi connectivity index (χ4v) is 3.20. The van der Waals surface area contributed by atoms with E-state index in [9.17, 15) is 13.2 Å². The number of hydrogen-bond acceptors (Lipinski definition) is 4. The van der Waals surface area contributed by atoms with Gasteiger partial charge in [-0.25, -0.2) is 0 Å². The van der Waals surface area contributed by atoms with E-state index in [0.717, 1.165) is 17.6 Å². The summed E-state index contributed by atoms with van der Waals surface area (Å²) in [7, 11) is 0. The molecular weight excluding hydrogens is 257 g/mol.